The Morgan fingerprint density at radius 2 is 1.67 bits per heavy atom. The smallest absolute Gasteiger partial charge is 0.307 e. The van der Waals surface area contributed by atoms with E-state index in [0.29, 0.717) is 38.4 Å². The maximum absolute atomic E-state index is 13.9. The minimum absolute atomic E-state index is 0.0454. The summed E-state index contributed by atoms with van der Waals surface area (Å²) >= 11 is 6.96. The van der Waals surface area contributed by atoms with Crippen LogP contribution in [0.5, 0.6) is 17.2 Å². The van der Waals surface area contributed by atoms with Gasteiger partial charge in [-0.05, 0) is 119 Å². The van der Waals surface area contributed by atoms with Crippen molar-refractivity contribution >= 4 is 55.6 Å². The number of amides is 2. The Bertz CT molecular complexity index is 1940. The van der Waals surface area contributed by atoms with Gasteiger partial charge in [-0.25, -0.2) is 9.82 Å². The molecular weight excluding hydrogens is 751 g/mol. The van der Waals surface area contributed by atoms with Gasteiger partial charge in [0, 0.05) is 27.1 Å². The number of ether oxygens (including phenoxy) is 3. The fourth-order valence-corrected chi connectivity index (χ4v) is 5.63. The van der Waals surface area contributed by atoms with E-state index >= 15 is 0 Å². The van der Waals surface area contributed by atoms with Crippen molar-refractivity contribution in [3.05, 3.63) is 122 Å². The number of anilines is 1. The number of carbonyl (C=O) groups is 2. The molecule has 0 fully saturated rings. The number of hydrazone groups is 1. The number of halogens is 3. The molecule has 0 unspecified atom stereocenters. The number of carbonyl (C=O) groups excluding carboxylic acids is 2. The predicted molar refractivity (Wildman–Crippen MR) is 187 cm³/mol. The van der Waals surface area contributed by atoms with Gasteiger partial charge in [-0.2, -0.15) is 5.10 Å². The first-order valence-corrected chi connectivity index (χ1v) is 16.4. The molecule has 0 radical (unpaired) electrons. The first kappa shape index (κ1) is 34.5. The van der Waals surface area contributed by atoms with Crippen molar-refractivity contribution < 1.29 is 32.6 Å². The zero-order valence-electron chi connectivity index (χ0n) is 26.2. The summed E-state index contributed by atoms with van der Waals surface area (Å²) < 4.78 is 40.0. The molecule has 0 spiro atoms. The van der Waals surface area contributed by atoms with Gasteiger partial charge in [-0.3, -0.25) is 9.59 Å². The maximum atomic E-state index is 13.9. The maximum Gasteiger partial charge on any atom is 0.307 e. The molecule has 248 valence electrons. The number of aromatic nitrogens is 1. The van der Waals surface area contributed by atoms with Crippen LogP contribution in [-0.2, 0) is 11.4 Å². The molecule has 0 aliphatic heterocycles. The van der Waals surface area contributed by atoms with Gasteiger partial charge in [-0.1, -0.05) is 12.1 Å². The molecule has 2 amide bonds. The minimum atomic E-state index is -0.557. The highest BCUT2D eigenvalue weighted by Crippen LogP contribution is 2.42. The average Bonchev–Trinajstić information content (AvgIpc) is 3.69. The lowest BCUT2D eigenvalue weighted by Gasteiger charge is -2.16. The molecule has 2 heterocycles. The summed E-state index contributed by atoms with van der Waals surface area (Å²) in [5.41, 5.74) is 6.36. The van der Waals surface area contributed by atoms with Crippen molar-refractivity contribution in [2.24, 2.45) is 5.10 Å². The number of aryl methyl sites for hydroxylation is 2. The quantitative estimate of drug-likeness (QED) is 0.0922. The molecule has 0 atom stereocenters. The molecule has 2 aromatic heterocycles. The van der Waals surface area contributed by atoms with Crippen molar-refractivity contribution in [2.75, 3.05) is 18.5 Å². The number of hydrogen-bond donors (Lipinski definition) is 2. The van der Waals surface area contributed by atoms with Crippen molar-refractivity contribution in [3.8, 4) is 22.9 Å². The molecule has 3 aromatic carbocycles. The van der Waals surface area contributed by atoms with Gasteiger partial charge in [0.25, 0.3) is 5.91 Å². The van der Waals surface area contributed by atoms with E-state index < -0.39 is 24.2 Å². The lowest BCUT2D eigenvalue weighted by molar-refractivity contribution is -0.118. The summed E-state index contributed by atoms with van der Waals surface area (Å²) in [7, 11) is 0. The Kier molecular flexibility index (Phi) is 11.3. The third kappa shape index (κ3) is 8.33. The van der Waals surface area contributed by atoms with Crippen LogP contribution in [0.2, 0.25) is 0 Å². The van der Waals surface area contributed by atoms with Crippen LogP contribution in [0.1, 0.15) is 40.2 Å². The summed E-state index contributed by atoms with van der Waals surface area (Å²) in [5.74, 6) is 0.0973. The second-order valence-electron chi connectivity index (χ2n) is 10.4. The number of benzene rings is 3. The standard InChI is InChI=1S/C35H31Br2FN4O6/c1-4-45-30-17-23(32(36)33(37)34(30)47-20-31(43)40-28-8-6-5-7-27(28)38)18-39-41-35(44)29-16-15-26(48-29)19-46-25-13-11-24(12-14-25)42-21(2)9-10-22(42)3/h5-18H,4,19-20H2,1-3H3,(H,40,43)(H,41,44)/b39-18+. The zero-order chi connectivity index (χ0) is 34.2. The molecule has 0 saturated heterocycles. The van der Waals surface area contributed by atoms with Crippen molar-refractivity contribution in [2.45, 2.75) is 27.4 Å². The van der Waals surface area contributed by atoms with Crippen LogP contribution < -0.4 is 25.0 Å². The van der Waals surface area contributed by atoms with Gasteiger partial charge in [0.2, 0.25) is 0 Å². The van der Waals surface area contributed by atoms with Gasteiger partial charge in [0.05, 0.1) is 23.0 Å². The van der Waals surface area contributed by atoms with Gasteiger partial charge in [0.15, 0.2) is 23.9 Å². The molecule has 0 aliphatic rings. The van der Waals surface area contributed by atoms with Crippen LogP contribution >= 0.6 is 31.9 Å². The number of para-hydroxylation sites is 1. The van der Waals surface area contributed by atoms with E-state index in [-0.39, 0.29) is 23.8 Å². The first-order chi connectivity index (χ1) is 23.1. The fourth-order valence-electron chi connectivity index (χ4n) is 4.70. The SMILES string of the molecule is CCOc1cc(/C=N/NC(=O)c2ccc(COc3ccc(-n4c(C)ccc4C)cc3)o2)c(Br)c(Br)c1OCC(=O)Nc1ccccc1F. The molecular formula is C35H31Br2FN4O6. The van der Waals surface area contributed by atoms with Crippen LogP contribution in [0.15, 0.2) is 97.3 Å². The van der Waals surface area contributed by atoms with Gasteiger partial charge in [-0.15, -0.1) is 0 Å². The van der Waals surface area contributed by atoms with E-state index in [0.717, 1.165) is 17.1 Å². The van der Waals surface area contributed by atoms with E-state index in [1.807, 2.05) is 24.3 Å². The third-order valence-electron chi connectivity index (χ3n) is 6.95. The summed E-state index contributed by atoms with van der Waals surface area (Å²) in [6.07, 6.45) is 1.41. The average molecular weight is 782 g/mol. The van der Waals surface area contributed by atoms with E-state index in [4.69, 9.17) is 18.6 Å². The van der Waals surface area contributed by atoms with Gasteiger partial charge in [0.1, 0.15) is 23.9 Å². The Hall–Kier alpha value is -4.88. The molecule has 10 nitrogen and oxygen atoms in total. The van der Waals surface area contributed by atoms with Crippen LogP contribution in [-0.4, -0.2) is 35.8 Å². The van der Waals surface area contributed by atoms with Crippen LogP contribution in [0.25, 0.3) is 5.69 Å². The Morgan fingerprint density at radius 1 is 0.938 bits per heavy atom. The second-order valence-corrected chi connectivity index (χ2v) is 12.0. The highest BCUT2D eigenvalue weighted by atomic mass is 79.9. The van der Waals surface area contributed by atoms with Crippen molar-refractivity contribution in [3.63, 3.8) is 0 Å². The van der Waals surface area contributed by atoms with Gasteiger partial charge >= 0.3 is 5.91 Å². The monoisotopic (exact) mass is 780 g/mol. The molecule has 2 N–H and O–H groups in total. The van der Waals surface area contributed by atoms with E-state index in [9.17, 15) is 14.0 Å². The minimum Gasteiger partial charge on any atom is -0.490 e. The topological polar surface area (TPSA) is 116 Å². The summed E-state index contributed by atoms with van der Waals surface area (Å²) in [4.78, 5) is 25.1. The second kappa shape index (κ2) is 15.8. The highest BCUT2D eigenvalue weighted by molar-refractivity contribution is 9.13. The lowest BCUT2D eigenvalue weighted by atomic mass is 10.2. The van der Waals surface area contributed by atoms with Crippen LogP contribution in [0.4, 0.5) is 10.1 Å². The molecule has 0 saturated carbocycles. The summed E-state index contributed by atoms with van der Waals surface area (Å²) in [6, 6.07) is 22.6. The molecule has 48 heavy (non-hydrogen) atoms. The molecule has 5 rings (SSSR count). The normalized spacial score (nSPS) is 11.0. The van der Waals surface area contributed by atoms with Crippen LogP contribution in [0.3, 0.4) is 0 Å². The predicted octanol–water partition coefficient (Wildman–Crippen LogP) is 8.11. The molecule has 13 heteroatoms. The third-order valence-corrected chi connectivity index (χ3v) is 9.10. The van der Waals surface area contributed by atoms with E-state index in [1.54, 1.807) is 31.2 Å². The van der Waals surface area contributed by atoms with E-state index in [2.05, 4.69) is 78.3 Å². The number of furan rings is 1. The zero-order valence-corrected chi connectivity index (χ0v) is 29.4. The summed E-state index contributed by atoms with van der Waals surface area (Å²) in [5, 5.41) is 6.53. The molecule has 5 aromatic rings. The molecule has 0 bridgehead atoms. The van der Waals surface area contributed by atoms with E-state index in [1.165, 1.54) is 24.4 Å². The van der Waals surface area contributed by atoms with Crippen molar-refractivity contribution in [1.82, 2.24) is 9.99 Å². The fraction of sp³-hybridized carbons (Fsp3) is 0.171. The number of nitrogens with zero attached hydrogens (tertiary/aromatic N) is 2. The Balaban J connectivity index is 1.17. The highest BCUT2D eigenvalue weighted by Gasteiger charge is 2.19. The number of rotatable bonds is 13. The number of hydrogen-bond acceptors (Lipinski definition) is 7. The van der Waals surface area contributed by atoms with Gasteiger partial charge < -0.3 is 28.5 Å². The first-order valence-electron chi connectivity index (χ1n) is 14.8. The summed E-state index contributed by atoms with van der Waals surface area (Å²) in [6.45, 7) is 5.95. The number of nitrogens with one attached hydrogen (secondary N) is 2. The lowest BCUT2D eigenvalue weighted by Crippen LogP contribution is -2.21. The van der Waals surface area contributed by atoms with Crippen LogP contribution in [0, 0.1) is 19.7 Å². The largest absolute Gasteiger partial charge is 0.490 e. The Labute approximate surface area is 293 Å². The van der Waals surface area contributed by atoms with Crippen molar-refractivity contribution in [1.29, 1.82) is 0 Å². The Morgan fingerprint density at radius 3 is 2.38 bits per heavy atom. The molecule has 0 aliphatic carbocycles.